The molecule has 0 aliphatic carbocycles. The van der Waals surface area contributed by atoms with Crippen molar-refractivity contribution in [2.45, 2.75) is 12.7 Å². The minimum absolute atomic E-state index is 0.0191. The fourth-order valence-corrected chi connectivity index (χ4v) is 3.47. The third-order valence-corrected chi connectivity index (χ3v) is 5.16. The first-order valence-electron chi connectivity index (χ1n) is 8.40. The number of alkyl halides is 3. The first kappa shape index (κ1) is 22.3. The number of nitrogens with one attached hydrogen (secondary N) is 1. The molecule has 0 saturated heterocycles. The molecule has 0 spiro atoms. The summed E-state index contributed by atoms with van der Waals surface area (Å²) in [6, 6.07) is 8.27. The van der Waals surface area contributed by atoms with Crippen molar-refractivity contribution >= 4 is 52.4 Å². The average molecular weight is 479 g/mol. The minimum Gasteiger partial charge on any atom is -0.315 e. The fraction of sp³-hybridized carbons (Fsp3) is 0.158. The Balaban J connectivity index is 1.78. The SMILES string of the molecule is O=C(Nc1cccc(C(F)(F)F)c1)N1C=C(Cl)C(=O)N(Cc2c(Cl)cccc2Cl)C1. The second-order valence-electron chi connectivity index (χ2n) is 6.30. The monoisotopic (exact) mass is 477 g/mol. The average Bonchev–Trinajstić information content (AvgIpc) is 2.67. The van der Waals surface area contributed by atoms with E-state index in [1.165, 1.54) is 17.0 Å². The first-order valence-corrected chi connectivity index (χ1v) is 9.54. The number of amides is 3. The number of hydrogen-bond donors (Lipinski definition) is 1. The van der Waals surface area contributed by atoms with Crippen molar-refractivity contribution in [1.82, 2.24) is 9.80 Å². The molecule has 2 aromatic carbocycles. The van der Waals surface area contributed by atoms with E-state index in [9.17, 15) is 22.8 Å². The molecule has 0 saturated carbocycles. The second-order valence-corrected chi connectivity index (χ2v) is 7.52. The number of rotatable bonds is 3. The summed E-state index contributed by atoms with van der Waals surface area (Å²) in [5, 5.41) is 2.78. The van der Waals surface area contributed by atoms with E-state index in [4.69, 9.17) is 34.8 Å². The van der Waals surface area contributed by atoms with Crippen LogP contribution in [0.3, 0.4) is 0 Å². The van der Waals surface area contributed by atoms with Crippen LogP contribution < -0.4 is 5.32 Å². The van der Waals surface area contributed by atoms with Crippen LogP contribution in [0.1, 0.15) is 11.1 Å². The number of urea groups is 1. The van der Waals surface area contributed by atoms with E-state index >= 15 is 0 Å². The molecule has 5 nitrogen and oxygen atoms in total. The van der Waals surface area contributed by atoms with Crippen molar-refractivity contribution in [2.24, 2.45) is 0 Å². The Labute approximate surface area is 184 Å². The molecule has 0 aromatic heterocycles. The van der Waals surface area contributed by atoms with Gasteiger partial charge in [-0.15, -0.1) is 0 Å². The van der Waals surface area contributed by atoms with Crippen LogP contribution >= 0.6 is 34.8 Å². The number of benzene rings is 2. The molecule has 2 aromatic rings. The molecular weight excluding hydrogens is 466 g/mol. The molecular formula is C19H13Cl3F3N3O2. The van der Waals surface area contributed by atoms with Gasteiger partial charge in [0.2, 0.25) is 0 Å². The molecule has 0 bridgehead atoms. The standard InChI is InChI=1S/C19H13Cl3F3N3O2/c20-14-5-2-6-15(21)13(14)8-27-10-28(9-16(22)17(27)29)18(30)26-12-4-1-3-11(7-12)19(23,24)25/h1-7,9H,8,10H2,(H,26,30). The van der Waals surface area contributed by atoms with Crippen LogP contribution in [-0.4, -0.2) is 28.4 Å². The molecule has 11 heteroatoms. The normalized spacial score (nSPS) is 14.6. The van der Waals surface area contributed by atoms with E-state index in [0.717, 1.165) is 23.2 Å². The lowest BCUT2D eigenvalue weighted by molar-refractivity contribution is -0.137. The Hall–Kier alpha value is -2.42. The summed E-state index contributed by atoms with van der Waals surface area (Å²) in [5.41, 5.74) is -0.492. The molecule has 3 amide bonds. The summed E-state index contributed by atoms with van der Waals surface area (Å²) in [7, 11) is 0. The highest BCUT2D eigenvalue weighted by molar-refractivity contribution is 6.42. The van der Waals surface area contributed by atoms with E-state index in [-0.39, 0.29) is 23.9 Å². The molecule has 1 aliphatic heterocycles. The highest BCUT2D eigenvalue weighted by atomic mass is 35.5. The molecule has 1 aliphatic rings. The van der Waals surface area contributed by atoms with Crippen LogP contribution in [0.2, 0.25) is 10.0 Å². The Morgan fingerprint density at radius 2 is 1.70 bits per heavy atom. The zero-order valence-electron chi connectivity index (χ0n) is 15.0. The Bertz CT molecular complexity index is 1010. The second kappa shape index (κ2) is 8.75. The lowest BCUT2D eigenvalue weighted by Crippen LogP contribution is -2.46. The summed E-state index contributed by atoms with van der Waals surface area (Å²) in [6.07, 6.45) is -3.44. The maximum absolute atomic E-state index is 12.9. The van der Waals surface area contributed by atoms with E-state index < -0.39 is 23.7 Å². The van der Waals surface area contributed by atoms with Gasteiger partial charge in [-0.2, -0.15) is 13.2 Å². The van der Waals surface area contributed by atoms with Crippen molar-refractivity contribution < 1.29 is 22.8 Å². The van der Waals surface area contributed by atoms with Crippen molar-refractivity contribution in [3.63, 3.8) is 0 Å². The highest BCUT2D eigenvalue weighted by Crippen LogP contribution is 2.31. The summed E-state index contributed by atoms with van der Waals surface area (Å²) in [6.45, 7) is -0.226. The molecule has 30 heavy (non-hydrogen) atoms. The topological polar surface area (TPSA) is 52.7 Å². The molecule has 1 N–H and O–H groups in total. The number of hydrogen-bond acceptors (Lipinski definition) is 2. The predicted octanol–water partition coefficient (Wildman–Crippen LogP) is 5.93. The van der Waals surface area contributed by atoms with Gasteiger partial charge in [0.25, 0.3) is 5.91 Å². The van der Waals surface area contributed by atoms with Gasteiger partial charge in [-0.25, -0.2) is 4.79 Å². The third kappa shape index (κ3) is 5.00. The van der Waals surface area contributed by atoms with Crippen LogP contribution in [0.5, 0.6) is 0 Å². The summed E-state index contributed by atoms with van der Waals surface area (Å²) in [4.78, 5) is 27.2. The predicted molar refractivity (Wildman–Crippen MR) is 108 cm³/mol. The summed E-state index contributed by atoms with van der Waals surface area (Å²) < 4.78 is 38.6. The van der Waals surface area contributed by atoms with E-state index in [0.29, 0.717) is 15.6 Å². The Morgan fingerprint density at radius 3 is 2.33 bits per heavy atom. The lowest BCUT2D eigenvalue weighted by atomic mass is 10.2. The van der Waals surface area contributed by atoms with Gasteiger partial charge in [0, 0.05) is 27.5 Å². The molecule has 0 atom stereocenters. The number of anilines is 1. The van der Waals surface area contributed by atoms with Gasteiger partial charge < -0.3 is 10.2 Å². The third-order valence-electron chi connectivity index (χ3n) is 4.20. The van der Waals surface area contributed by atoms with Gasteiger partial charge in [0.15, 0.2) is 0 Å². The highest BCUT2D eigenvalue weighted by Gasteiger charge is 2.31. The minimum atomic E-state index is -4.55. The quantitative estimate of drug-likeness (QED) is 0.595. The fourth-order valence-electron chi connectivity index (χ4n) is 2.72. The molecule has 0 unspecified atom stereocenters. The largest absolute Gasteiger partial charge is 0.416 e. The molecule has 0 fully saturated rings. The van der Waals surface area contributed by atoms with E-state index in [1.54, 1.807) is 18.2 Å². The van der Waals surface area contributed by atoms with Gasteiger partial charge in [0.05, 0.1) is 12.1 Å². The van der Waals surface area contributed by atoms with Gasteiger partial charge >= 0.3 is 12.2 Å². The van der Waals surface area contributed by atoms with E-state index in [1.807, 2.05) is 0 Å². The maximum atomic E-state index is 12.9. The molecule has 3 rings (SSSR count). The molecule has 0 radical (unpaired) electrons. The van der Waals surface area contributed by atoms with Gasteiger partial charge in [-0.05, 0) is 30.3 Å². The van der Waals surface area contributed by atoms with Crippen LogP contribution in [0, 0.1) is 0 Å². The van der Waals surface area contributed by atoms with Crippen LogP contribution in [0.25, 0.3) is 0 Å². The first-order chi connectivity index (χ1) is 14.1. The Kier molecular flexibility index (Phi) is 6.50. The van der Waals surface area contributed by atoms with Gasteiger partial charge in [0.1, 0.15) is 11.7 Å². The zero-order chi connectivity index (χ0) is 22.1. The van der Waals surface area contributed by atoms with Crippen LogP contribution in [0.15, 0.2) is 53.7 Å². The van der Waals surface area contributed by atoms with Gasteiger partial charge in [-0.3, -0.25) is 9.69 Å². The number of carbonyl (C=O) groups excluding carboxylic acids is 2. The number of halogens is 6. The van der Waals surface area contributed by atoms with E-state index in [2.05, 4.69) is 5.32 Å². The lowest BCUT2D eigenvalue weighted by Gasteiger charge is -2.33. The van der Waals surface area contributed by atoms with Gasteiger partial charge in [-0.1, -0.05) is 46.9 Å². The smallest absolute Gasteiger partial charge is 0.315 e. The van der Waals surface area contributed by atoms with Crippen molar-refractivity contribution in [1.29, 1.82) is 0 Å². The summed E-state index contributed by atoms with van der Waals surface area (Å²) >= 11 is 18.2. The molecule has 1 heterocycles. The van der Waals surface area contributed by atoms with Crippen molar-refractivity contribution in [3.8, 4) is 0 Å². The van der Waals surface area contributed by atoms with Crippen molar-refractivity contribution in [3.05, 3.63) is 74.9 Å². The number of nitrogens with zero attached hydrogens (tertiary/aromatic N) is 2. The van der Waals surface area contributed by atoms with Crippen LogP contribution in [0.4, 0.5) is 23.7 Å². The Morgan fingerprint density at radius 1 is 1.07 bits per heavy atom. The maximum Gasteiger partial charge on any atom is 0.416 e. The number of carbonyl (C=O) groups is 2. The van der Waals surface area contributed by atoms with Crippen molar-refractivity contribution in [2.75, 3.05) is 12.0 Å². The summed E-state index contributed by atoms with van der Waals surface area (Å²) in [5.74, 6) is -0.546. The zero-order valence-corrected chi connectivity index (χ0v) is 17.3. The van der Waals surface area contributed by atoms with Crippen LogP contribution in [-0.2, 0) is 17.5 Å². The molecule has 158 valence electrons.